The van der Waals surface area contributed by atoms with E-state index in [4.69, 9.17) is 0 Å². The third kappa shape index (κ3) is 6.11. The summed E-state index contributed by atoms with van der Waals surface area (Å²) in [6, 6.07) is 14.9. The highest BCUT2D eigenvalue weighted by Gasteiger charge is 2.05. The van der Waals surface area contributed by atoms with Crippen molar-refractivity contribution < 1.29 is 4.79 Å². The van der Waals surface area contributed by atoms with Gasteiger partial charge in [-0.2, -0.15) is 11.8 Å². The van der Waals surface area contributed by atoms with Crippen molar-refractivity contribution in [2.24, 2.45) is 0 Å². The van der Waals surface area contributed by atoms with Crippen molar-refractivity contribution in [2.45, 2.75) is 32.9 Å². The Morgan fingerprint density at radius 2 is 1.70 bits per heavy atom. The summed E-state index contributed by atoms with van der Waals surface area (Å²) in [6.45, 7) is 6.96. The van der Waals surface area contributed by atoms with Gasteiger partial charge in [0.1, 0.15) is 0 Å². The van der Waals surface area contributed by atoms with Gasteiger partial charge in [0.25, 0.3) is 0 Å². The number of hydrogen-bond donors (Lipinski definition) is 1. The number of amides is 1. The van der Waals surface area contributed by atoms with E-state index in [-0.39, 0.29) is 5.91 Å². The Morgan fingerprint density at radius 1 is 1.00 bits per heavy atom. The van der Waals surface area contributed by atoms with Crippen molar-refractivity contribution in [2.75, 3.05) is 12.3 Å². The number of carbonyl (C=O) groups is 1. The van der Waals surface area contributed by atoms with Gasteiger partial charge in [-0.05, 0) is 37.5 Å². The van der Waals surface area contributed by atoms with E-state index in [2.05, 4.69) is 68.6 Å². The lowest BCUT2D eigenvalue weighted by Crippen LogP contribution is -2.27. The summed E-state index contributed by atoms with van der Waals surface area (Å²) in [7, 11) is 0. The maximum Gasteiger partial charge on any atom is 0.224 e. The molecule has 0 saturated heterocycles. The lowest BCUT2D eigenvalue weighted by atomic mass is 10.0. The first-order valence-electron chi connectivity index (χ1n) is 8.01. The van der Waals surface area contributed by atoms with Crippen LogP contribution in [-0.2, 0) is 17.0 Å². The fourth-order valence-corrected chi connectivity index (χ4v) is 3.24. The molecule has 2 rings (SSSR count). The molecule has 23 heavy (non-hydrogen) atoms. The van der Waals surface area contributed by atoms with Crippen LogP contribution in [0.1, 0.15) is 27.8 Å². The Morgan fingerprint density at radius 3 is 2.39 bits per heavy atom. The van der Waals surface area contributed by atoms with Gasteiger partial charge in [0, 0.05) is 18.1 Å². The van der Waals surface area contributed by atoms with E-state index >= 15 is 0 Å². The van der Waals surface area contributed by atoms with E-state index in [9.17, 15) is 4.79 Å². The van der Waals surface area contributed by atoms with Gasteiger partial charge in [-0.25, -0.2) is 0 Å². The smallest absolute Gasteiger partial charge is 0.224 e. The van der Waals surface area contributed by atoms with Crippen molar-refractivity contribution in [3.05, 3.63) is 70.3 Å². The van der Waals surface area contributed by atoms with Crippen molar-refractivity contribution in [1.29, 1.82) is 0 Å². The van der Waals surface area contributed by atoms with Crippen LogP contribution in [0.25, 0.3) is 0 Å². The molecule has 0 aliphatic rings. The van der Waals surface area contributed by atoms with E-state index in [1.807, 2.05) is 11.8 Å². The second kappa shape index (κ2) is 8.78. The summed E-state index contributed by atoms with van der Waals surface area (Å²) in [4.78, 5) is 12.0. The van der Waals surface area contributed by atoms with Gasteiger partial charge in [-0.15, -0.1) is 0 Å². The SMILES string of the molecule is Cc1ccc(CSCCNC(=O)Cc2ccc(C)cc2C)cc1. The maximum atomic E-state index is 12.0. The molecule has 0 unspecified atom stereocenters. The normalized spacial score (nSPS) is 10.6. The monoisotopic (exact) mass is 327 g/mol. The van der Waals surface area contributed by atoms with E-state index in [0.717, 1.165) is 23.6 Å². The van der Waals surface area contributed by atoms with Crippen LogP contribution in [-0.4, -0.2) is 18.2 Å². The fraction of sp³-hybridized carbons (Fsp3) is 0.350. The average molecular weight is 327 g/mol. The number of rotatable bonds is 7. The maximum absolute atomic E-state index is 12.0. The Bertz CT molecular complexity index is 649. The second-order valence-electron chi connectivity index (χ2n) is 5.99. The van der Waals surface area contributed by atoms with Crippen molar-refractivity contribution in [3.8, 4) is 0 Å². The topological polar surface area (TPSA) is 29.1 Å². The molecular weight excluding hydrogens is 302 g/mol. The third-order valence-corrected chi connectivity index (χ3v) is 4.84. The van der Waals surface area contributed by atoms with Crippen LogP contribution in [0.5, 0.6) is 0 Å². The zero-order chi connectivity index (χ0) is 16.7. The van der Waals surface area contributed by atoms with Gasteiger partial charge in [0.15, 0.2) is 0 Å². The molecule has 0 radical (unpaired) electrons. The molecule has 0 fully saturated rings. The standard InChI is InChI=1S/C20H25NOS/c1-15-4-7-18(8-5-15)14-23-11-10-21-20(22)13-19-9-6-16(2)12-17(19)3/h4-9,12H,10-11,13-14H2,1-3H3,(H,21,22). The lowest BCUT2D eigenvalue weighted by molar-refractivity contribution is -0.120. The number of benzene rings is 2. The van der Waals surface area contributed by atoms with E-state index in [0.29, 0.717) is 6.42 Å². The molecule has 3 heteroatoms. The second-order valence-corrected chi connectivity index (χ2v) is 7.10. The highest BCUT2D eigenvalue weighted by Crippen LogP contribution is 2.13. The van der Waals surface area contributed by atoms with Crippen LogP contribution in [0.3, 0.4) is 0 Å². The summed E-state index contributed by atoms with van der Waals surface area (Å²) in [5.74, 6) is 2.03. The Labute approximate surface area is 143 Å². The Balaban J connectivity index is 1.65. The first kappa shape index (κ1) is 17.6. The zero-order valence-corrected chi connectivity index (χ0v) is 15.0. The summed E-state index contributed by atoms with van der Waals surface area (Å²) < 4.78 is 0. The quantitative estimate of drug-likeness (QED) is 0.772. The molecule has 1 amide bonds. The number of thioether (sulfide) groups is 1. The molecule has 122 valence electrons. The summed E-state index contributed by atoms with van der Waals surface area (Å²) in [5, 5.41) is 3.01. The van der Waals surface area contributed by atoms with E-state index in [1.165, 1.54) is 22.3 Å². The van der Waals surface area contributed by atoms with Crippen LogP contribution in [0.4, 0.5) is 0 Å². The molecule has 0 aliphatic heterocycles. The molecule has 2 aromatic carbocycles. The minimum absolute atomic E-state index is 0.105. The molecule has 2 aromatic rings. The number of aryl methyl sites for hydroxylation is 3. The molecule has 0 aliphatic carbocycles. The number of carbonyl (C=O) groups excluding carboxylic acids is 1. The van der Waals surface area contributed by atoms with Crippen LogP contribution in [0.15, 0.2) is 42.5 Å². The minimum Gasteiger partial charge on any atom is -0.355 e. The van der Waals surface area contributed by atoms with Crippen molar-refractivity contribution in [1.82, 2.24) is 5.32 Å². The third-order valence-electron chi connectivity index (χ3n) is 3.81. The predicted molar refractivity (Wildman–Crippen MR) is 100.0 cm³/mol. The van der Waals surface area contributed by atoms with Gasteiger partial charge in [0.2, 0.25) is 5.91 Å². The fourth-order valence-electron chi connectivity index (χ4n) is 2.42. The largest absolute Gasteiger partial charge is 0.355 e. The first-order valence-corrected chi connectivity index (χ1v) is 9.16. The zero-order valence-electron chi connectivity index (χ0n) is 14.2. The molecule has 0 saturated carbocycles. The van der Waals surface area contributed by atoms with E-state index in [1.54, 1.807) is 0 Å². The van der Waals surface area contributed by atoms with Gasteiger partial charge in [-0.1, -0.05) is 53.6 Å². The molecular formula is C20H25NOS. The molecule has 1 N–H and O–H groups in total. The van der Waals surface area contributed by atoms with Crippen LogP contribution >= 0.6 is 11.8 Å². The summed E-state index contributed by atoms with van der Waals surface area (Å²) in [6.07, 6.45) is 0.467. The van der Waals surface area contributed by atoms with Crippen LogP contribution in [0.2, 0.25) is 0 Å². The molecule has 0 bridgehead atoms. The minimum atomic E-state index is 0.105. The van der Waals surface area contributed by atoms with Gasteiger partial charge < -0.3 is 5.32 Å². The Kier molecular flexibility index (Phi) is 6.72. The van der Waals surface area contributed by atoms with Gasteiger partial charge in [-0.3, -0.25) is 4.79 Å². The summed E-state index contributed by atoms with van der Waals surface area (Å²) >= 11 is 1.85. The molecule has 0 aromatic heterocycles. The van der Waals surface area contributed by atoms with Crippen molar-refractivity contribution >= 4 is 17.7 Å². The van der Waals surface area contributed by atoms with Crippen molar-refractivity contribution in [3.63, 3.8) is 0 Å². The van der Waals surface area contributed by atoms with Gasteiger partial charge >= 0.3 is 0 Å². The Hall–Kier alpha value is -1.74. The average Bonchev–Trinajstić information content (AvgIpc) is 2.51. The molecule has 0 heterocycles. The predicted octanol–water partition coefficient (Wildman–Crippen LogP) is 4.20. The molecule has 0 atom stereocenters. The van der Waals surface area contributed by atoms with E-state index < -0.39 is 0 Å². The summed E-state index contributed by atoms with van der Waals surface area (Å²) in [5.41, 5.74) is 6.16. The highest BCUT2D eigenvalue weighted by atomic mass is 32.2. The lowest BCUT2D eigenvalue weighted by Gasteiger charge is -2.08. The van der Waals surface area contributed by atoms with Crippen LogP contribution < -0.4 is 5.32 Å². The highest BCUT2D eigenvalue weighted by molar-refractivity contribution is 7.98. The first-order chi connectivity index (χ1) is 11.0. The molecule has 2 nitrogen and oxygen atoms in total. The van der Waals surface area contributed by atoms with Crippen LogP contribution in [0, 0.1) is 20.8 Å². The molecule has 0 spiro atoms. The van der Waals surface area contributed by atoms with Gasteiger partial charge in [0.05, 0.1) is 6.42 Å². The number of nitrogens with one attached hydrogen (secondary N) is 1. The number of hydrogen-bond acceptors (Lipinski definition) is 2.